The lowest BCUT2D eigenvalue weighted by molar-refractivity contribution is 0.0937. The van der Waals surface area contributed by atoms with Crippen LogP contribution in [0.25, 0.3) is 5.69 Å². The maximum atomic E-state index is 11.9. The third-order valence-corrected chi connectivity index (χ3v) is 2.69. The van der Waals surface area contributed by atoms with E-state index in [-0.39, 0.29) is 11.9 Å². The molecule has 1 amide bonds. The van der Waals surface area contributed by atoms with Gasteiger partial charge in [-0.1, -0.05) is 17.7 Å². The van der Waals surface area contributed by atoms with Crippen molar-refractivity contribution in [3.05, 3.63) is 40.7 Å². The minimum Gasteiger partial charge on any atom is -0.348 e. The highest BCUT2D eigenvalue weighted by Gasteiger charge is 2.16. The van der Waals surface area contributed by atoms with Gasteiger partial charge in [0.25, 0.3) is 5.91 Å². The molecule has 6 heteroatoms. The maximum absolute atomic E-state index is 11.9. The SMILES string of the molecule is Cc1nn(-c2cccc(Cl)c2)nc1C(=O)NC(C)C. The first-order valence-corrected chi connectivity index (χ1v) is 6.36. The van der Waals surface area contributed by atoms with Crippen molar-refractivity contribution in [2.24, 2.45) is 0 Å². The first-order chi connectivity index (χ1) is 8.97. The van der Waals surface area contributed by atoms with Crippen LogP contribution in [0.2, 0.25) is 5.02 Å². The van der Waals surface area contributed by atoms with Gasteiger partial charge in [0.1, 0.15) is 0 Å². The molecule has 0 aliphatic rings. The van der Waals surface area contributed by atoms with Crippen molar-refractivity contribution in [1.82, 2.24) is 20.3 Å². The fourth-order valence-corrected chi connectivity index (χ4v) is 1.82. The third kappa shape index (κ3) is 3.12. The largest absolute Gasteiger partial charge is 0.348 e. The van der Waals surface area contributed by atoms with Crippen LogP contribution in [0.15, 0.2) is 24.3 Å². The van der Waals surface area contributed by atoms with Crippen LogP contribution in [0, 0.1) is 6.92 Å². The normalized spacial score (nSPS) is 10.8. The van der Waals surface area contributed by atoms with E-state index in [0.29, 0.717) is 16.4 Å². The van der Waals surface area contributed by atoms with Crippen molar-refractivity contribution in [2.75, 3.05) is 0 Å². The Kier molecular flexibility index (Phi) is 3.85. The second-order valence-corrected chi connectivity index (χ2v) is 4.97. The number of amides is 1. The van der Waals surface area contributed by atoms with Gasteiger partial charge in [-0.3, -0.25) is 4.79 Å². The zero-order chi connectivity index (χ0) is 14.0. The van der Waals surface area contributed by atoms with Crippen LogP contribution in [0.3, 0.4) is 0 Å². The summed E-state index contributed by atoms with van der Waals surface area (Å²) in [6.45, 7) is 5.55. The fraction of sp³-hybridized carbons (Fsp3) is 0.308. The van der Waals surface area contributed by atoms with Crippen molar-refractivity contribution >= 4 is 17.5 Å². The standard InChI is InChI=1S/C13H15ClN4O/c1-8(2)15-13(19)12-9(3)16-18(17-12)11-6-4-5-10(14)7-11/h4-8H,1-3H3,(H,15,19). The Morgan fingerprint density at radius 1 is 1.37 bits per heavy atom. The minimum absolute atomic E-state index is 0.0585. The van der Waals surface area contributed by atoms with Crippen LogP contribution in [0.1, 0.15) is 30.0 Å². The number of carbonyl (C=O) groups is 1. The van der Waals surface area contributed by atoms with Crippen molar-refractivity contribution in [3.8, 4) is 5.69 Å². The van der Waals surface area contributed by atoms with Gasteiger partial charge in [0, 0.05) is 11.1 Å². The van der Waals surface area contributed by atoms with E-state index in [9.17, 15) is 4.79 Å². The molecule has 0 aliphatic carbocycles. The molecule has 0 saturated heterocycles. The summed E-state index contributed by atoms with van der Waals surface area (Å²) in [6.07, 6.45) is 0. The molecule has 0 radical (unpaired) electrons. The number of hydrogen-bond acceptors (Lipinski definition) is 3. The van der Waals surface area contributed by atoms with Crippen LogP contribution in [-0.2, 0) is 0 Å². The molecule has 1 aromatic heterocycles. The predicted octanol–water partition coefficient (Wildman–Crippen LogP) is 2.37. The van der Waals surface area contributed by atoms with Crippen LogP contribution in [0.5, 0.6) is 0 Å². The molecule has 1 N–H and O–H groups in total. The number of nitrogens with one attached hydrogen (secondary N) is 1. The van der Waals surface area contributed by atoms with Crippen LogP contribution in [-0.4, -0.2) is 26.9 Å². The molecule has 0 atom stereocenters. The van der Waals surface area contributed by atoms with Crippen LogP contribution < -0.4 is 5.32 Å². The lowest BCUT2D eigenvalue weighted by Crippen LogP contribution is -2.31. The molecule has 0 aliphatic heterocycles. The molecule has 1 heterocycles. The molecule has 100 valence electrons. The van der Waals surface area contributed by atoms with Crippen molar-refractivity contribution < 1.29 is 4.79 Å². The summed E-state index contributed by atoms with van der Waals surface area (Å²) in [4.78, 5) is 13.3. The smallest absolute Gasteiger partial charge is 0.273 e. The van der Waals surface area contributed by atoms with Gasteiger partial charge in [-0.05, 0) is 39.0 Å². The van der Waals surface area contributed by atoms with Gasteiger partial charge in [-0.25, -0.2) is 0 Å². The number of hydrogen-bond donors (Lipinski definition) is 1. The monoisotopic (exact) mass is 278 g/mol. The van der Waals surface area contributed by atoms with Gasteiger partial charge in [0.15, 0.2) is 5.69 Å². The van der Waals surface area contributed by atoms with Crippen LogP contribution >= 0.6 is 11.6 Å². The Hall–Kier alpha value is -1.88. The highest BCUT2D eigenvalue weighted by atomic mass is 35.5. The second kappa shape index (κ2) is 5.40. The number of carbonyl (C=O) groups excluding carboxylic acids is 1. The van der Waals surface area contributed by atoms with E-state index in [1.165, 1.54) is 4.80 Å². The van der Waals surface area contributed by atoms with E-state index < -0.39 is 0 Å². The van der Waals surface area contributed by atoms with E-state index in [2.05, 4.69) is 15.5 Å². The molecular weight excluding hydrogens is 264 g/mol. The van der Waals surface area contributed by atoms with Gasteiger partial charge < -0.3 is 5.32 Å². The Morgan fingerprint density at radius 2 is 2.11 bits per heavy atom. The summed E-state index contributed by atoms with van der Waals surface area (Å²) < 4.78 is 0. The molecule has 0 spiro atoms. The third-order valence-electron chi connectivity index (χ3n) is 2.46. The van der Waals surface area contributed by atoms with E-state index in [1.807, 2.05) is 26.0 Å². The summed E-state index contributed by atoms with van der Waals surface area (Å²) in [5, 5.41) is 11.8. The molecule has 2 rings (SSSR count). The van der Waals surface area contributed by atoms with Crippen molar-refractivity contribution in [1.29, 1.82) is 0 Å². The van der Waals surface area contributed by atoms with Gasteiger partial charge in [0.05, 0.1) is 11.4 Å². The van der Waals surface area contributed by atoms with Crippen molar-refractivity contribution in [3.63, 3.8) is 0 Å². The number of halogens is 1. The topological polar surface area (TPSA) is 59.8 Å². The van der Waals surface area contributed by atoms with E-state index in [0.717, 1.165) is 5.69 Å². The van der Waals surface area contributed by atoms with E-state index in [1.54, 1.807) is 19.1 Å². The van der Waals surface area contributed by atoms with Crippen molar-refractivity contribution in [2.45, 2.75) is 26.8 Å². The summed E-state index contributed by atoms with van der Waals surface area (Å²) >= 11 is 5.92. The molecule has 19 heavy (non-hydrogen) atoms. The number of aryl methyl sites for hydroxylation is 1. The van der Waals surface area contributed by atoms with Gasteiger partial charge in [0.2, 0.25) is 0 Å². The first-order valence-electron chi connectivity index (χ1n) is 5.98. The highest BCUT2D eigenvalue weighted by molar-refractivity contribution is 6.30. The zero-order valence-electron chi connectivity index (χ0n) is 11.0. The summed E-state index contributed by atoms with van der Waals surface area (Å²) in [7, 11) is 0. The molecular formula is C13H15ClN4O. The van der Waals surface area contributed by atoms with Gasteiger partial charge in [-0.2, -0.15) is 9.90 Å². The summed E-state index contributed by atoms with van der Waals surface area (Å²) in [5.74, 6) is -0.222. The quantitative estimate of drug-likeness (QED) is 0.938. The molecule has 5 nitrogen and oxygen atoms in total. The van der Waals surface area contributed by atoms with E-state index >= 15 is 0 Å². The fourth-order valence-electron chi connectivity index (χ4n) is 1.64. The zero-order valence-corrected chi connectivity index (χ0v) is 11.8. The van der Waals surface area contributed by atoms with Crippen LogP contribution in [0.4, 0.5) is 0 Å². The highest BCUT2D eigenvalue weighted by Crippen LogP contribution is 2.14. The van der Waals surface area contributed by atoms with E-state index in [4.69, 9.17) is 11.6 Å². The number of benzene rings is 1. The molecule has 1 aromatic carbocycles. The molecule has 0 bridgehead atoms. The predicted molar refractivity (Wildman–Crippen MR) is 73.7 cm³/mol. The second-order valence-electron chi connectivity index (χ2n) is 4.53. The van der Waals surface area contributed by atoms with Gasteiger partial charge in [-0.15, -0.1) is 5.10 Å². The lowest BCUT2D eigenvalue weighted by Gasteiger charge is -2.05. The summed E-state index contributed by atoms with van der Waals surface area (Å²) in [6, 6.07) is 7.21. The molecule has 0 fully saturated rings. The summed E-state index contributed by atoms with van der Waals surface area (Å²) in [5.41, 5.74) is 1.63. The number of rotatable bonds is 3. The lowest BCUT2D eigenvalue weighted by atomic mass is 10.3. The van der Waals surface area contributed by atoms with Gasteiger partial charge >= 0.3 is 0 Å². The molecule has 2 aromatic rings. The average molecular weight is 279 g/mol. The molecule has 0 saturated carbocycles. The Bertz CT molecular complexity index is 606. The number of aromatic nitrogens is 3. The average Bonchev–Trinajstić information content (AvgIpc) is 2.70. The number of nitrogens with zero attached hydrogens (tertiary/aromatic N) is 3. The maximum Gasteiger partial charge on any atom is 0.273 e. The first kappa shape index (κ1) is 13.5. The Morgan fingerprint density at radius 3 is 2.74 bits per heavy atom. The molecule has 0 unspecified atom stereocenters. The Balaban J connectivity index is 2.33. The Labute approximate surface area is 116 Å². The minimum atomic E-state index is -0.222.